The second-order valence-corrected chi connectivity index (χ2v) is 6.80. The monoisotopic (exact) mass is 363 g/mol. The maximum absolute atomic E-state index is 12.5. The zero-order valence-electron chi connectivity index (χ0n) is 13.3. The van der Waals surface area contributed by atoms with Crippen LogP contribution in [0.15, 0.2) is 30.5 Å². The minimum Gasteiger partial charge on any atom is -0.397 e. The first-order valence-electron chi connectivity index (χ1n) is 7.98. The first-order valence-corrected chi connectivity index (χ1v) is 8.74. The molecule has 4 nitrogen and oxygen atoms in total. The number of carbonyl (C=O) groups excluding carboxylic acids is 1. The quantitative estimate of drug-likeness (QED) is 0.896. The molecule has 0 bridgehead atoms. The van der Waals surface area contributed by atoms with E-state index in [0.29, 0.717) is 30.2 Å². The van der Waals surface area contributed by atoms with Crippen LogP contribution >= 0.6 is 23.2 Å². The van der Waals surface area contributed by atoms with Gasteiger partial charge in [-0.1, -0.05) is 23.2 Å². The van der Waals surface area contributed by atoms with Crippen LogP contribution in [0, 0.1) is 0 Å². The molecule has 0 spiro atoms. The minimum absolute atomic E-state index is 0.145. The van der Waals surface area contributed by atoms with Gasteiger partial charge in [-0.05, 0) is 54.7 Å². The SMILES string of the molecule is Nc1ccc(CCCC(=O)N2CCc3c(Cl)ccc(Cl)c3C2)nc1. The third-order valence-corrected chi connectivity index (χ3v) is 5.03. The van der Waals surface area contributed by atoms with Crippen LogP contribution < -0.4 is 5.73 Å². The van der Waals surface area contributed by atoms with E-state index in [-0.39, 0.29) is 5.91 Å². The number of halogens is 2. The Morgan fingerprint density at radius 2 is 1.92 bits per heavy atom. The van der Waals surface area contributed by atoms with Crippen molar-refractivity contribution in [2.24, 2.45) is 0 Å². The Labute approximate surface area is 151 Å². The average Bonchev–Trinajstić information content (AvgIpc) is 2.59. The summed E-state index contributed by atoms with van der Waals surface area (Å²) in [5.74, 6) is 0.145. The normalized spacial score (nSPS) is 13.7. The second-order valence-electron chi connectivity index (χ2n) is 5.99. The van der Waals surface area contributed by atoms with E-state index >= 15 is 0 Å². The van der Waals surface area contributed by atoms with Crippen molar-refractivity contribution in [3.63, 3.8) is 0 Å². The second kappa shape index (κ2) is 7.41. The molecule has 0 unspecified atom stereocenters. The summed E-state index contributed by atoms with van der Waals surface area (Å²) < 4.78 is 0. The molecule has 2 N–H and O–H groups in total. The highest BCUT2D eigenvalue weighted by atomic mass is 35.5. The van der Waals surface area contributed by atoms with Crippen LogP contribution in [0.25, 0.3) is 0 Å². The van der Waals surface area contributed by atoms with E-state index in [9.17, 15) is 4.79 Å². The number of benzene rings is 1. The molecule has 2 aromatic rings. The highest BCUT2D eigenvalue weighted by molar-refractivity contribution is 6.34. The van der Waals surface area contributed by atoms with E-state index in [1.165, 1.54) is 0 Å². The molecular weight excluding hydrogens is 345 g/mol. The van der Waals surface area contributed by atoms with Crippen molar-refractivity contribution in [2.45, 2.75) is 32.2 Å². The van der Waals surface area contributed by atoms with E-state index in [2.05, 4.69) is 4.98 Å². The van der Waals surface area contributed by atoms with Crippen LogP contribution in [0.3, 0.4) is 0 Å². The fourth-order valence-electron chi connectivity index (χ4n) is 2.97. The predicted molar refractivity (Wildman–Crippen MR) is 97.2 cm³/mol. The number of aryl methyl sites for hydroxylation is 1. The number of nitrogen functional groups attached to an aromatic ring is 1. The first-order chi connectivity index (χ1) is 11.5. The van der Waals surface area contributed by atoms with Crippen molar-refractivity contribution in [3.8, 4) is 0 Å². The summed E-state index contributed by atoms with van der Waals surface area (Å²) >= 11 is 12.5. The molecule has 3 rings (SSSR count). The summed E-state index contributed by atoms with van der Waals surface area (Å²) in [5.41, 5.74) is 9.27. The van der Waals surface area contributed by atoms with Crippen molar-refractivity contribution in [1.82, 2.24) is 9.88 Å². The van der Waals surface area contributed by atoms with Crippen LogP contribution in [0.1, 0.15) is 29.7 Å². The highest BCUT2D eigenvalue weighted by Crippen LogP contribution is 2.31. The van der Waals surface area contributed by atoms with Gasteiger partial charge in [0.05, 0.1) is 11.9 Å². The Balaban J connectivity index is 1.56. The number of hydrogen-bond donors (Lipinski definition) is 1. The average molecular weight is 364 g/mol. The molecule has 24 heavy (non-hydrogen) atoms. The lowest BCUT2D eigenvalue weighted by molar-refractivity contribution is -0.132. The zero-order chi connectivity index (χ0) is 17.1. The number of nitrogens with zero attached hydrogens (tertiary/aromatic N) is 2. The van der Waals surface area contributed by atoms with Crippen molar-refractivity contribution in [1.29, 1.82) is 0 Å². The Bertz CT molecular complexity index is 747. The molecule has 0 saturated carbocycles. The van der Waals surface area contributed by atoms with Gasteiger partial charge in [-0.15, -0.1) is 0 Å². The summed E-state index contributed by atoms with van der Waals surface area (Å²) in [6.07, 6.45) is 4.43. The van der Waals surface area contributed by atoms with Gasteiger partial charge in [-0.25, -0.2) is 0 Å². The van der Waals surface area contributed by atoms with E-state index in [0.717, 1.165) is 41.1 Å². The lowest BCUT2D eigenvalue weighted by atomic mass is 9.99. The molecule has 1 aromatic carbocycles. The molecule has 1 aromatic heterocycles. The number of fused-ring (bicyclic) bond motifs is 1. The summed E-state index contributed by atoms with van der Waals surface area (Å²) in [5, 5.41) is 1.41. The van der Waals surface area contributed by atoms with Crippen LogP contribution in [-0.4, -0.2) is 22.3 Å². The zero-order valence-corrected chi connectivity index (χ0v) is 14.8. The molecule has 1 aliphatic heterocycles. The summed E-state index contributed by atoms with van der Waals surface area (Å²) in [6, 6.07) is 7.35. The van der Waals surface area contributed by atoms with Gasteiger partial charge in [-0.2, -0.15) is 0 Å². The van der Waals surface area contributed by atoms with Gasteiger partial charge in [0, 0.05) is 35.2 Å². The molecule has 0 saturated heterocycles. The fourth-order valence-corrected chi connectivity index (χ4v) is 3.48. The molecule has 0 fully saturated rings. The minimum atomic E-state index is 0.145. The van der Waals surface area contributed by atoms with E-state index in [1.54, 1.807) is 12.3 Å². The maximum Gasteiger partial charge on any atom is 0.222 e. The van der Waals surface area contributed by atoms with E-state index in [4.69, 9.17) is 28.9 Å². The van der Waals surface area contributed by atoms with Crippen molar-refractivity contribution < 1.29 is 4.79 Å². The molecule has 0 radical (unpaired) electrons. The number of anilines is 1. The predicted octanol–water partition coefficient (Wildman–Crippen LogP) is 3.88. The molecule has 1 amide bonds. The lowest BCUT2D eigenvalue weighted by Gasteiger charge is -2.30. The molecule has 126 valence electrons. The van der Waals surface area contributed by atoms with Gasteiger partial charge >= 0.3 is 0 Å². The topological polar surface area (TPSA) is 59.2 Å². The molecule has 0 aliphatic carbocycles. The smallest absolute Gasteiger partial charge is 0.222 e. The van der Waals surface area contributed by atoms with Crippen LogP contribution in [0.5, 0.6) is 0 Å². The number of rotatable bonds is 4. The third-order valence-electron chi connectivity index (χ3n) is 4.32. The van der Waals surface area contributed by atoms with Crippen LogP contribution in [0.4, 0.5) is 5.69 Å². The Kier molecular flexibility index (Phi) is 5.27. The van der Waals surface area contributed by atoms with E-state index < -0.39 is 0 Å². The molecule has 1 aliphatic rings. The first kappa shape index (κ1) is 17.1. The van der Waals surface area contributed by atoms with Gasteiger partial charge in [0.15, 0.2) is 0 Å². The van der Waals surface area contributed by atoms with Gasteiger partial charge in [-0.3, -0.25) is 9.78 Å². The molecule has 0 atom stereocenters. The fraction of sp³-hybridized carbons (Fsp3) is 0.333. The standard InChI is InChI=1S/C18H19Cl2N3O/c19-16-6-7-17(20)15-11-23(9-8-14(15)16)18(24)3-1-2-13-5-4-12(21)10-22-13/h4-7,10H,1-3,8-9,11,21H2. The number of carbonyl (C=O) groups is 1. The third kappa shape index (κ3) is 3.82. The molecule has 2 heterocycles. The van der Waals surface area contributed by atoms with Gasteiger partial charge in [0.1, 0.15) is 0 Å². The van der Waals surface area contributed by atoms with Crippen LogP contribution in [-0.2, 0) is 24.2 Å². The summed E-state index contributed by atoms with van der Waals surface area (Å²) in [6.45, 7) is 1.22. The van der Waals surface area contributed by atoms with Gasteiger partial charge in [0.25, 0.3) is 0 Å². The number of nitrogens with two attached hydrogens (primary N) is 1. The van der Waals surface area contributed by atoms with E-state index in [1.807, 2.05) is 23.1 Å². The van der Waals surface area contributed by atoms with Crippen molar-refractivity contribution in [3.05, 3.63) is 57.3 Å². The number of hydrogen-bond acceptors (Lipinski definition) is 3. The highest BCUT2D eigenvalue weighted by Gasteiger charge is 2.23. The Hall–Kier alpha value is -1.78. The largest absolute Gasteiger partial charge is 0.397 e. The van der Waals surface area contributed by atoms with Crippen molar-refractivity contribution in [2.75, 3.05) is 12.3 Å². The maximum atomic E-state index is 12.5. The number of amides is 1. The van der Waals surface area contributed by atoms with Gasteiger partial charge in [0.2, 0.25) is 5.91 Å². The molecular formula is C18H19Cl2N3O. The Morgan fingerprint density at radius 1 is 1.17 bits per heavy atom. The Morgan fingerprint density at radius 3 is 2.62 bits per heavy atom. The number of aromatic nitrogens is 1. The molecule has 6 heteroatoms. The number of pyridine rings is 1. The summed E-state index contributed by atoms with van der Waals surface area (Å²) in [4.78, 5) is 18.6. The summed E-state index contributed by atoms with van der Waals surface area (Å²) in [7, 11) is 0. The van der Waals surface area contributed by atoms with Crippen molar-refractivity contribution >= 4 is 34.8 Å². The lowest BCUT2D eigenvalue weighted by Crippen LogP contribution is -2.36. The van der Waals surface area contributed by atoms with Crippen LogP contribution in [0.2, 0.25) is 10.0 Å². The van der Waals surface area contributed by atoms with Gasteiger partial charge < -0.3 is 10.6 Å².